The molecule has 112 valence electrons. The van der Waals surface area contributed by atoms with Gasteiger partial charge in [0.15, 0.2) is 0 Å². The highest BCUT2D eigenvalue weighted by atomic mass is 16.5. The Bertz CT molecular complexity index is 238. The lowest BCUT2D eigenvalue weighted by Gasteiger charge is -2.17. The summed E-state index contributed by atoms with van der Waals surface area (Å²) in [5, 5.41) is 0. The quantitative estimate of drug-likeness (QED) is 0.276. The molecule has 0 unspecified atom stereocenters. The maximum absolute atomic E-state index is 11.0. The molecule has 0 saturated carbocycles. The van der Waals surface area contributed by atoms with Crippen molar-refractivity contribution >= 4 is 5.97 Å². The van der Waals surface area contributed by atoms with E-state index < -0.39 is 0 Å². The van der Waals surface area contributed by atoms with Crippen LogP contribution in [0.4, 0.5) is 0 Å². The van der Waals surface area contributed by atoms with Gasteiger partial charge in [-0.05, 0) is 18.3 Å². The van der Waals surface area contributed by atoms with Crippen LogP contribution in [0, 0.1) is 5.41 Å². The lowest BCUT2D eigenvalue weighted by atomic mass is 9.89. The molecule has 0 bridgehead atoms. The summed E-state index contributed by atoms with van der Waals surface area (Å²) in [5.41, 5.74) is 0.486. The summed E-state index contributed by atoms with van der Waals surface area (Å²) in [6.07, 6.45) is 13.1. The van der Waals surface area contributed by atoms with E-state index in [9.17, 15) is 4.79 Å². The zero-order chi connectivity index (χ0) is 14.6. The summed E-state index contributed by atoms with van der Waals surface area (Å²) >= 11 is 0. The third-order valence-electron chi connectivity index (χ3n) is 3.27. The van der Waals surface area contributed by atoms with E-state index in [1.54, 1.807) is 0 Å². The van der Waals surface area contributed by atoms with Crippen molar-refractivity contribution in [3.63, 3.8) is 0 Å². The molecule has 0 aromatic carbocycles. The van der Waals surface area contributed by atoms with Gasteiger partial charge in [0.25, 0.3) is 0 Å². The molecule has 0 aromatic rings. The van der Waals surface area contributed by atoms with Crippen LogP contribution in [-0.2, 0) is 9.53 Å². The number of rotatable bonds is 11. The van der Waals surface area contributed by atoms with Gasteiger partial charge in [-0.15, -0.1) is 0 Å². The van der Waals surface area contributed by atoms with E-state index in [0.717, 1.165) is 12.8 Å². The van der Waals surface area contributed by atoms with Crippen LogP contribution in [0.2, 0.25) is 0 Å². The fourth-order valence-corrected chi connectivity index (χ4v) is 2.14. The topological polar surface area (TPSA) is 26.3 Å². The highest BCUT2D eigenvalue weighted by Crippen LogP contribution is 2.22. The summed E-state index contributed by atoms with van der Waals surface area (Å²) < 4.78 is 4.67. The van der Waals surface area contributed by atoms with Gasteiger partial charge in [0.1, 0.15) is 0 Å². The number of hydrogen-bond acceptors (Lipinski definition) is 2. The number of ether oxygens (including phenoxy) is 1. The van der Waals surface area contributed by atoms with Gasteiger partial charge < -0.3 is 4.74 Å². The van der Waals surface area contributed by atoms with Crippen LogP contribution in [0.25, 0.3) is 0 Å². The fourth-order valence-electron chi connectivity index (χ4n) is 2.14. The van der Waals surface area contributed by atoms with Gasteiger partial charge in [0, 0.05) is 6.42 Å². The molecule has 0 aromatic heterocycles. The molecule has 0 N–H and O–H groups in total. The Morgan fingerprint density at radius 3 is 1.89 bits per heavy atom. The third kappa shape index (κ3) is 15.2. The van der Waals surface area contributed by atoms with Gasteiger partial charge in [-0.3, -0.25) is 4.79 Å². The second kappa shape index (κ2) is 11.1. The minimum Gasteiger partial charge on any atom is -0.435 e. The van der Waals surface area contributed by atoms with Crippen LogP contribution in [0.15, 0.2) is 12.8 Å². The molecular weight excluding hydrogens is 236 g/mol. The van der Waals surface area contributed by atoms with Crippen molar-refractivity contribution in [2.24, 2.45) is 5.41 Å². The molecule has 2 nitrogen and oxygen atoms in total. The highest BCUT2D eigenvalue weighted by Gasteiger charge is 2.08. The first-order valence-electron chi connectivity index (χ1n) is 7.76. The molecule has 0 amide bonds. The van der Waals surface area contributed by atoms with E-state index in [1.807, 2.05) is 0 Å². The standard InChI is InChI=1S/C17H32O2/c1-5-19-16(18)14-12-10-8-6-7-9-11-13-15-17(2,3)4/h5H,1,6-15H2,2-4H3. The van der Waals surface area contributed by atoms with E-state index in [2.05, 4.69) is 32.1 Å². The maximum atomic E-state index is 11.0. The molecule has 0 heterocycles. The minimum atomic E-state index is -0.155. The van der Waals surface area contributed by atoms with Crippen molar-refractivity contribution in [2.75, 3.05) is 0 Å². The summed E-state index contributed by atoms with van der Waals surface area (Å²) in [7, 11) is 0. The van der Waals surface area contributed by atoms with Gasteiger partial charge in [-0.2, -0.15) is 0 Å². The van der Waals surface area contributed by atoms with E-state index in [-0.39, 0.29) is 5.97 Å². The van der Waals surface area contributed by atoms with Crippen molar-refractivity contribution in [1.82, 2.24) is 0 Å². The Morgan fingerprint density at radius 2 is 1.42 bits per heavy atom. The molecule has 2 heteroatoms. The van der Waals surface area contributed by atoms with Gasteiger partial charge in [-0.25, -0.2) is 0 Å². The highest BCUT2D eigenvalue weighted by molar-refractivity contribution is 5.69. The van der Waals surface area contributed by atoms with Crippen LogP contribution in [0.3, 0.4) is 0 Å². The van der Waals surface area contributed by atoms with Crippen LogP contribution in [0.1, 0.15) is 85.0 Å². The molecule has 0 aliphatic carbocycles. The average molecular weight is 268 g/mol. The van der Waals surface area contributed by atoms with Crippen molar-refractivity contribution in [3.8, 4) is 0 Å². The van der Waals surface area contributed by atoms with Crippen molar-refractivity contribution in [3.05, 3.63) is 12.8 Å². The second-order valence-electron chi connectivity index (χ2n) is 6.55. The van der Waals surface area contributed by atoms with Crippen molar-refractivity contribution < 1.29 is 9.53 Å². The number of unbranched alkanes of at least 4 members (excludes halogenated alkanes) is 7. The van der Waals surface area contributed by atoms with Gasteiger partial charge >= 0.3 is 5.97 Å². The number of carbonyl (C=O) groups is 1. The van der Waals surface area contributed by atoms with E-state index in [4.69, 9.17) is 0 Å². The van der Waals surface area contributed by atoms with Crippen molar-refractivity contribution in [1.29, 1.82) is 0 Å². The predicted molar refractivity (Wildman–Crippen MR) is 81.9 cm³/mol. The van der Waals surface area contributed by atoms with Crippen molar-refractivity contribution in [2.45, 2.75) is 85.0 Å². The average Bonchev–Trinajstić information content (AvgIpc) is 2.30. The molecule has 0 aliphatic rings. The molecule has 19 heavy (non-hydrogen) atoms. The SMILES string of the molecule is C=COC(=O)CCCCCCCCCCC(C)(C)C. The lowest BCUT2D eigenvalue weighted by Crippen LogP contribution is -2.03. The van der Waals surface area contributed by atoms with Crippen LogP contribution < -0.4 is 0 Å². The monoisotopic (exact) mass is 268 g/mol. The molecule has 0 rings (SSSR count). The third-order valence-corrected chi connectivity index (χ3v) is 3.27. The number of esters is 1. The predicted octanol–water partition coefficient (Wildman–Crippen LogP) is 5.62. The Labute approximate surface area is 119 Å². The van der Waals surface area contributed by atoms with Gasteiger partial charge in [-0.1, -0.05) is 72.3 Å². The Hall–Kier alpha value is -0.790. The summed E-state index contributed by atoms with van der Waals surface area (Å²) in [6.45, 7) is 10.3. The molecule has 0 fully saturated rings. The van der Waals surface area contributed by atoms with E-state index in [0.29, 0.717) is 11.8 Å². The van der Waals surface area contributed by atoms with E-state index in [1.165, 1.54) is 51.2 Å². The first-order chi connectivity index (χ1) is 8.95. The van der Waals surface area contributed by atoms with Gasteiger partial charge in [0.05, 0.1) is 6.26 Å². The fraction of sp³-hybridized carbons (Fsp3) is 0.824. The molecule has 0 aliphatic heterocycles. The molecule has 0 spiro atoms. The first-order valence-corrected chi connectivity index (χ1v) is 7.76. The molecule has 0 radical (unpaired) electrons. The summed E-state index contributed by atoms with van der Waals surface area (Å²) in [5.74, 6) is -0.155. The molecule has 0 saturated heterocycles. The van der Waals surface area contributed by atoms with Crippen LogP contribution in [0.5, 0.6) is 0 Å². The largest absolute Gasteiger partial charge is 0.435 e. The Kier molecular flexibility index (Phi) is 10.6. The second-order valence-corrected chi connectivity index (χ2v) is 6.55. The summed E-state index contributed by atoms with van der Waals surface area (Å²) in [4.78, 5) is 11.0. The van der Waals surface area contributed by atoms with Crippen LogP contribution in [-0.4, -0.2) is 5.97 Å². The van der Waals surface area contributed by atoms with E-state index >= 15 is 0 Å². The molecule has 0 atom stereocenters. The number of hydrogen-bond donors (Lipinski definition) is 0. The lowest BCUT2D eigenvalue weighted by molar-refractivity contribution is -0.138. The zero-order valence-electron chi connectivity index (χ0n) is 13.2. The smallest absolute Gasteiger partial charge is 0.310 e. The number of carbonyl (C=O) groups excluding carboxylic acids is 1. The Balaban J connectivity index is 3.15. The zero-order valence-corrected chi connectivity index (χ0v) is 13.2. The molecular formula is C17H32O2. The normalized spacial score (nSPS) is 11.3. The summed E-state index contributed by atoms with van der Waals surface area (Å²) in [6, 6.07) is 0. The van der Waals surface area contributed by atoms with Gasteiger partial charge in [0.2, 0.25) is 0 Å². The first kappa shape index (κ1) is 18.2. The Morgan fingerprint density at radius 1 is 0.947 bits per heavy atom. The maximum Gasteiger partial charge on any atom is 0.310 e. The van der Waals surface area contributed by atoms with Crippen LogP contribution >= 0.6 is 0 Å². The minimum absolute atomic E-state index is 0.155.